The second-order valence-corrected chi connectivity index (χ2v) is 3.87. The standard InChI is InChI=1S/C10H13FO/c1-6-4-10(12)8-3-2-7(11)5-9(6)8/h6-7H,2-5H2,1H3. The molecule has 2 unspecified atom stereocenters. The van der Waals surface area contributed by atoms with Crippen LogP contribution in [0.5, 0.6) is 0 Å². The predicted molar refractivity (Wildman–Crippen MR) is 44.6 cm³/mol. The molecule has 0 heterocycles. The average molecular weight is 168 g/mol. The molecule has 0 spiro atoms. The van der Waals surface area contributed by atoms with Gasteiger partial charge in [0.2, 0.25) is 0 Å². The first-order valence-corrected chi connectivity index (χ1v) is 4.57. The SMILES string of the molecule is CC1CC(=O)C2=C1CC(F)CC2. The van der Waals surface area contributed by atoms with Gasteiger partial charge in [-0.3, -0.25) is 4.79 Å². The molecule has 2 heteroatoms. The van der Waals surface area contributed by atoms with E-state index in [-0.39, 0.29) is 5.78 Å². The van der Waals surface area contributed by atoms with Crippen molar-refractivity contribution in [2.75, 3.05) is 0 Å². The summed E-state index contributed by atoms with van der Waals surface area (Å²) in [4.78, 5) is 11.3. The molecule has 0 fully saturated rings. The Balaban J connectivity index is 2.29. The molecule has 2 aliphatic carbocycles. The number of hydrogen-bond acceptors (Lipinski definition) is 1. The van der Waals surface area contributed by atoms with Gasteiger partial charge in [-0.1, -0.05) is 12.5 Å². The molecule has 2 aliphatic rings. The van der Waals surface area contributed by atoms with E-state index >= 15 is 0 Å². The molecule has 0 saturated carbocycles. The molecular weight excluding hydrogens is 155 g/mol. The van der Waals surface area contributed by atoms with E-state index in [2.05, 4.69) is 0 Å². The largest absolute Gasteiger partial charge is 0.295 e. The summed E-state index contributed by atoms with van der Waals surface area (Å²) in [5, 5.41) is 0. The number of carbonyl (C=O) groups excluding carboxylic acids is 1. The first kappa shape index (κ1) is 7.96. The van der Waals surface area contributed by atoms with E-state index in [1.54, 1.807) is 0 Å². The van der Waals surface area contributed by atoms with Crippen LogP contribution >= 0.6 is 0 Å². The highest BCUT2D eigenvalue weighted by Gasteiger charge is 2.33. The fourth-order valence-electron chi connectivity index (χ4n) is 2.27. The molecule has 0 N–H and O–H groups in total. The zero-order chi connectivity index (χ0) is 8.72. The van der Waals surface area contributed by atoms with Crippen molar-refractivity contribution in [3.05, 3.63) is 11.1 Å². The van der Waals surface area contributed by atoms with Crippen LogP contribution in [0.3, 0.4) is 0 Å². The van der Waals surface area contributed by atoms with Crippen molar-refractivity contribution in [1.82, 2.24) is 0 Å². The summed E-state index contributed by atoms with van der Waals surface area (Å²) in [6, 6.07) is 0. The summed E-state index contributed by atoms with van der Waals surface area (Å²) >= 11 is 0. The van der Waals surface area contributed by atoms with Crippen LogP contribution in [-0.4, -0.2) is 12.0 Å². The van der Waals surface area contributed by atoms with Crippen LogP contribution in [0, 0.1) is 5.92 Å². The number of halogens is 1. The number of hydrogen-bond donors (Lipinski definition) is 0. The van der Waals surface area contributed by atoms with Gasteiger partial charge in [-0.15, -0.1) is 0 Å². The molecule has 0 amide bonds. The second kappa shape index (κ2) is 2.68. The Labute approximate surface area is 71.6 Å². The summed E-state index contributed by atoms with van der Waals surface area (Å²) in [7, 11) is 0. The van der Waals surface area contributed by atoms with Crippen molar-refractivity contribution in [3.63, 3.8) is 0 Å². The molecule has 0 aromatic rings. The lowest BCUT2D eigenvalue weighted by molar-refractivity contribution is -0.115. The maximum atomic E-state index is 13.0. The molecule has 1 nitrogen and oxygen atoms in total. The Bertz CT molecular complexity index is 255. The van der Waals surface area contributed by atoms with Gasteiger partial charge in [-0.05, 0) is 24.3 Å². The molecule has 0 saturated heterocycles. The van der Waals surface area contributed by atoms with Crippen LogP contribution in [-0.2, 0) is 4.79 Å². The quantitative estimate of drug-likeness (QED) is 0.543. The average Bonchev–Trinajstić information content (AvgIpc) is 2.28. The summed E-state index contributed by atoms with van der Waals surface area (Å²) in [6.45, 7) is 2.03. The van der Waals surface area contributed by atoms with E-state index in [9.17, 15) is 9.18 Å². The van der Waals surface area contributed by atoms with Crippen LogP contribution in [0.4, 0.5) is 4.39 Å². The molecular formula is C10H13FO. The lowest BCUT2D eigenvalue weighted by Gasteiger charge is -2.18. The van der Waals surface area contributed by atoms with E-state index in [4.69, 9.17) is 0 Å². The summed E-state index contributed by atoms with van der Waals surface area (Å²) in [6.07, 6.45) is 1.67. The highest BCUT2D eigenvalue weighted by atomic mass is 19.1. The van der Waals surface area contributed by atoms with Gasteiger partial charge in [0, 0.05) is 12.8 Å². The first-order chi connectivity index (χ1) is 5.68. The van der Waals surface area contributed by atoms with Crippen molar-refractivity contribution in [3.8, 4) is 0 Å². The topological polar surface area (TPSA) is 17.1 Å². The maximum absolute atomic E-state index is 13.0. The lowest BCUT2D eigenvalue weighted by Crippen LogP contribution is -2.11. The van der Waals surface area contributed by atoms with Gasteiger partial charge in [-0.2, -0.15) is 0 Å². The van der Waals surface area contributed by atoms with Crippen molar-refractivity contribution in [2.24, 2.45) is 5.92 Å². The molecule has 0 aliphatic heterocycles. The minimum atomic E-state index is -0.697. The van der Waals surface area contributed by atoms with E-state index in [0.717, 1.165) is 11.1 Å². The number of carbonyl (C=O) groups is 1. The van der Waals surface area contributed by atoms with E-state index < -0.39 is 6.17 Å². The number of Topliss-reactive ketones (excluding diaryl/α,β-unsaturated/α-hetero) is 1. The van der Waals surface area contributed by atoms with Crippen molar-refractivity contribution in [1.29, 1.82) is 0 Å². The third kappa shape index (κ3) is 1.10. The molecule has 0 bridgehead atoms. The summed E-state index contributed by atoms with van der Waals surface area (Å²) < 4.78 is 13.0. The van der Waals surface area contributed by atoms with Crippen molar-refractivity contribution in [2.45, 2.75) is 38.8 Å². The summed E-state index contributed by atoms with van der Waals surface area (Å²) in [5.74, 6) is 0.579. The highest BCUT2D eigenvalue weighted by molar-refractivity contribution is 5.99. The van der Waals surface area contributed by atoms with E-state index in [1.165, 1.54) is 0 Å². The van der Waals surface area contributed by atoms with Gasteiger partial charge in [0.25, 0.3) is 0 Å². The molecule has 2 rings (SSSR count). The number of alkyl halides is 1. The third-order valence-corrected chi connectivity index (χ3v) is 2.96. The Morgan fingerprint density at radius 1 is 1.42 bits per heavy atom. The van der Waals surface area contributed by atoms with E-state index in [1.807, 2.05) is 6.92 Å². The Kier molecular flexibility index (Phi) is 1.78. The van der Waals surface area contributed by atoms with Gasteiger partial charge in [-0.25, -0.2) is 4.39 Å². The van der Waals surface area contributed by atoms with Gasteiger partial charge >= 0.3 is 0 Å². The van der Waals surface area contributed by atoms with Crippen LogP contribution in [0.1, 0.15) is 32.6 Å². The number of allylic oxidation sites excluding steroid dienone is 2. The van der Waals surface area contributed by atoms with Crippen LogP contribution in [0.2, 0.25) is 0 Å². The first-order valence-electron chi connectivity index (χ1n) is 4.57. The minimum absolute atomic E-state index is 0.268. The van der Waals surface area contributed by atoms with Gasteiger partial charge in [0.05, 0.1) is 0 Å². The summed E-state index contributed by atoms with van der Waals surface area (Å²) in [5.41, 5.74) is 2.06. The zero-order valence-corrected chi connectivity index (χ0v) is 7.27. The minimum Gasteiger partial charge on any atom is -0.295 e. The van der Waals surface area contributed by atoms with E-state index in [0.29, 0.717) is 31.6 Å². The molecule has 0 aromatic heterocycles. The smallest absolute Gasteiger partial charge is 0.159 e. The second-order valence-electron chi connectivity index (χ2n) is 3.87. The molecule has 0 aromatic carbocycles. The maximum Gasteiger partial charge on any atom is 0.159 e. The van der Waals surface area contributed by atoms with Gasteiger partial charge in [0.1, 0.15) is 6.17 Å². The monoisotopic (exact) mass is 168 g/mol. The third-order valence-electron chi connectivity index (χ3n) is 2.96. The molecule has 2 atom stereocenters. The lowest BCUT2D eigenvalue weighted by atomic mass is 9.89. The zero-order valence-electron chi connectivity index (χ0n) is 7.27. The molecule has 0 radical (unpaired) electrons. The Morgan fingerprint density at radius 3 is 2.92 bits per heavy atom. The van der Waals surface area contributed by atoms with Gasteiger partial charge < -0.3 is 0 Å². The predicted octanol–water partition coefficient (Wildman–Crippen LogP) is 2.41. The number of ketones is 1. The van der Waals surface area contributed by atoms with Crippen LogP contribution in [0.25, 0.3) is 0 Å². The highest BCUT2D eigenvalue weighted by Crippen LogP contribution is 2.39. The van der Waals surface area contributed by atoms with Crippen molar-refractivity contribution >= 4 is 5.78 Å². The molecule has 12 heavy (non-hydrogen) atoms. The normalized spacial score (nSPS) is 35.7. The van der Waals surface area contributed by atoms with Crippen LogP contribution < -0.4 is 0 Å². The fourth-order valence-corrected chi connectivity index (χ4v) is 2.27. The Morgan fingerprint density at radius 2 is 2.17 bits per heavy atom. The Hall–Kier alpha value is -0.660. The van der Waals surface area contributed by atoms with Crippen LogP contribution in [0.15, 0.2) is 11.1 Å². The fraction of sp³-hybridized carbons (Fsp3) is 0.700. The van der Waals surface area contributed by atoms with Gasteiger partial charge in [0.15, 0.2) is 5.78 Å². The molecule has 66 valence electrons. The number of rotatable bonds is 0. The van der Waals surface area contributed by atoms with Crippen molar-refractivity contribution < 1.29 is 9.18 Å².